The molecule has 6 rings (SSSR count). The van der Waals surface area contributed by atoms with Crippen molar-refractivity contribution in [3.05, 3.63) is 150 Å². The van der Waals surface area contributed by atoms with Crippen LogP contribution < -0.4 is 20.2 Å². The van der Waals surface area contributed by atoms with Gasteiger partial charge in [-0.3, -0.25) is 24.3 Å². The van der Waals surface area contributed by atoms with Crippen LogP contribution in [0.3, 0.4) is 0 Å². The SMILES string of the molecule is CC1=C(C(=O)Nc2ccccc2)[C@@H](c2ccccc2)n2c(s/c(=C/c3cc([N+](=O)[O-])ccc3Sc3ncccn3)c2=O)=N1. The minimum atomic E-state index is -0.736. The molecule has 1 aliphatic heterocycles. The van der Waals surface area contributed by atoms with Gasteiger partial charge in [-0.1, -0.05) is 59.9 Å². The topological polar surface area (TPSA) is 132 Å². The Morgan fingerprint density at radius 1 is 1.02 bits per heavy atom. The number of nitrogens with zero attached hydrogens (tertiary/aromatic N) is 5. The number of benzene rings is 3. The number of anilines is 1. The van der Waals surface area contributed by atoms with E-state index in [0.717, 1.165) is 16.9 Å². The third-order valence-electron chi connectivity index (χ3n) is 6.65. The summed E-state index contributed by atoms with van der Waals surface area (Å²) in [6.07, 6.45) is 4.83. The highest BCUT2D eigenvalue weighted by Crippen LogP contribution is 2.32. The van der Waals surface area contributed by atoms with Crippen LogP contribution in [0.5, 0.6) is 0 Å². The van der Waals surface area contributed by atoms with Crippen LogP contribution >= 0.6 is 23.1 Å². The number of nitro groups is 1. The van der Waals surface area contributed by atoms with Crippen molar-refractivity contribution in [2.75, 3.05) is 5.32 Å². The highest BCUT2D eigenvalue weighted by atomic mass is 32.2. The summed E-state index contributed by atoms with van der Waals surface area (Å²) in [4.78, 5) is 53.1. The Bertz CT molecular complexity index is 2060. The van der Waals surface area contributed by atoms with Crippen LogP contribution in [-0.4, -0.2) is 25.4 Å². The number of hydrogen-bond donors (Lipinski definition) is 1. The van der Waals surface area contributed by atoms with Gasteiger partial charge in [0.25, 0.3) is 17.2 Å². The lowest BCUT2D eigenvalue weighted by molar-refractivity contribution is -0.384. The summed E-state index contributed by atoms with van der Waals surface area (Å²) in [6.45, 7) is 1.75. The van der Waals surface area contributed by atoms with Gasteiger partial charge in [0, 0.05) is 35.1 Å². The number of fused-ring (bicyclic) bond motifs is 1. The van der Waals surface area contributed by atoms with Gasteiger partial charge < -0.3 is 5.32 Å². The van der Waals surface area contributed by atoms with E-state index in [4.69, 9.17) is 0 Å². The molecule has 2 aromatic heterocycles. The molecule has 0 spiro atoms. The van der Waals surface area contributed by atoms with Crippen molar-refractivity contribution in [3.8, 4) is 0 Å². The van der Waals surface area contributed by atoms with Gasteiger partial charge in [-0.25, -0.2) is 15.0 Å². The van der Waals surface area contributed by atoms with Crippen molar-refractivity contribution in [2.45, 2.75) is 23.0 Å². The average molecular weight is 607 g/mol. The maximum Gasteiger partial charge on any atom is 0.271 e. The van der Waals surface area contributed by atoms with Gasteiger partial charge in [-0.05, 0) is 60.2 Å². The zero-order chi connectivity index (χ0) is 29.9. The Balaban J connectivity index is 1.50. The standard InChI is InChI=1S/C31H22N6O4S2/c1-19-26(28(38)35-22-11-6-3-7-12-22)27(20-9-4-2-5-10-20)36-29(39)25(43-31(36)34-19)18-21-17-23(37(40)41)13-14-24(21)42-30-32-15-8-16-33-30/h2-18,27H,1H3,(H,35,38)/b25-18+/t27-/m1/s1. The highest BCUT2D eigenvalue weighted by Gasteiger charge is 2.32. The second-order valence-corrected chi connectivity index (χ2v) is 11.4. The molecule has 12 heteroatoms. The van der Waals surface area contributed by atoms with E-state index < -0.39 is 11.0 Å². The number of carbonyl (C=O) groups excluding carboxylic acids is 1. The molecule has 43 heavy (non-hydrogen) atoms. The molecule has 0 saturated heterocycles. The first-order valence-corrected chi connectivity index (χ1v) is 14.7. The first-order valence-electron chi connectivity index (χ1n) is 13.1. The normalized spacial score (nSPS) is 14.6. The Kier molecular flexibility index (Phi) is 7.77. The summed E-state index contributed by atoms with van der Waals surface area (Å²) in [5.74, 6) is -0.365. The zero-order valence-corrected chi connectivity index (χ0v) is 24.2. The minimum absolute atomic E-state index is 0.116. The van der Waals surface area contributed by atoms with Gasteiger partial charge >= 0.3 is 0 Å². The maximum atomic E-state index is 14.1. The second-order valence-electron chi connectivity index (χ2n) is 9.43. The second kappa shape index (κ2) is 12.0. The molecular weight excluding hydrogens is 585 g/mol. The number of nitrogens with one attached hydrogen (secondary N) is 1. The minimum Gasteiger partial charge on any atom is -0.322 e. The maximum absolute atomic E-state index is 14.1. The Labute approximate surface area is 253 Å². The number of hydrogen-bond acceptors (Lipinski definition) is 9. The van der Waals surface area contributed by atoms with Crippen molar-refractivity contribution < 1.29 is 9.72 Å². The number of allylic oxidation sites excluding steroid dienone is 1. The number of nitro benzene ring substituents is 1. The number of rotatable bonds is 7. The molecule has 3 heterocycles. The van der Waals surface area contributed by atoms with Crippen LogP contribution in [0.1, 0.15) is 24.1 Å². The predicted molar refractivity (Wildman–Crippen MR) is 165 cm³/mol. The molecule has 0 aliphatic carbocycles. The van der Waals surface area contributed by atoms with E-state index in [1.807, 2.05) is 48.5 Å². The zero-order valence-electron chi connectivity index (χ0n) is 22.6. The number of aromatic nitrogens is 3. The molecule has 0 unspecified atom stereocenters. The summed E-state index contributed by atoms with van der Waals surface area (Å²) >= 11 is 2.39. The lowest BCUT2D eigenvalue weighted by Gasteiger charge is -2.25. The molecule has 1 atom stereocenters. The van der Waals surface area contributed by atoms with E-state index in [9.17, 15) is 19.7 Å². The molecule has 1 amide bonds. The largest absolute Gasteiger partial charge is 0.322 e. The predicted octanol–water partition coefficient (Wildman–Crippen LogP) is 4.72. The fraction of sp³-hybridized carbons (Fsp3) is 0.0645. The highest BCUT2D eigenvalue weighted by molar-refractivity contribution is 7.99. The van der Waals surface area contributed by atoms with E-state index in [1.54, 1.807) is 49.7 Å². The first-order chi connectivity index (χ1) is 20.9. The van der Waals surface area contributed by atoms with Crippen molar-refractivity contribution in [1.82, 2.24) is 14.5 Å². The monoisotopic (exact) mass is 606 g/mol. The fourth-order valence-electron chi connectivity index (χ4n) is 4.72. The molecule has 1 N–H and O–H groups in total. The number of carbonyl (C=O) groups is 1. The van der Waals surface area contributed by atoms with E-state index in [2.05, 4.69) is 20.3 Å². The van der Waals surface area contributed by atoms with Crippen LogP contribution in [0, 0.1) is 10.1 Å². The summed E-state index contributed by atoms with van der Waals surface area (Å²) in [5, 5.41) is 15.0. The van der Waals surface area contributed by atoms with Crippen molar-refractivity contribution in [1.29, 1.82) is 0 Å². The number of amides is 1. The third-order valence-corrected chi connectivity index (χ3v) is 8.62. The van der Waals surface area contributed by atoms with Crippen LogP contribution in [0.2, 0.25) is 0 Å². The molecule has 1 aliphatic rings. The van der Waals surface area contributed by atoms with Gasteiger partial charge in [0.2, 0.25) is 0 Å². The van der Waals surface area contributed by atoms with E-state index >= 15 is 0 Å². The van der Waals surface area contributed by atoms with Crippen molar-refractivity contribution in [3.63, 3.8) is 0 Å². The number of thiazole rings is 1. The van der Waals surface area contributed by atoms with Crippen LogP contribution in [-0.2, 0) is 4.79 Å². The van der Waals surface area contributed by atoms with E-state index in [1.165, 1.54) is 28.5 Å². The molecule has 0 fully saturated rings. The van der Waals surface area contributed by atoms with Crippen LogP contribution in [0.4, 0.5) is 11.4 Å². The number of non-ortho nitro benzene ring substituents is 1. The molecule has 3 aromatic carbocycles. The molecule has 0 bridgehead atoms. The Morgan fingerprint density at radius 3 is 2.42 bits per heavy atom. The molecule has 10 nitrogen and oxygen atoms in total. The Hall–Kier alpha value is -5.20. The molecule has 0 radical (unpaired) electrons. The van der Waals surface area contributed by atoms with Gasteiger partial charge in [0.1, 0.15) is 0 Å². The van der Waals surface area contributed by atoms with E-state index in [0.29, 0.717) is 41.9 Å². The van der Waals surface area contributed by atoms with Gasteiger partial charge in [-0.2, -0.15) is 0 Å². The summed E-state index contributed by atoms with van der Waals surface area (Å²) in [7, 11) is 0. The quantitative estimate of drug-likeness (QED) is 0.161. The molecular formula is C31H22N6O4S2. The lowest BCUT2D eigenvalue weighted by Crippen LogP contribution is -2.40. The van der Waals surface area contributed by atoms with Gasteiger partial charge in [0.15, 0.2) is 9.96 Å². The Morgan fingerprint density at radius 2 is 1.72 bits per heavy atom. The summed E-state index contributed by atoms with van der Waals surface area (Å²) in [5.41, 5.74) is 2.19. The van der Waals surface area contributed by atoms with Crippen LogP contribution in [0.15, 0.2) is 128 Å². The molecule has 0 saturated carbocycles. The van der Waals surface area contributed by atoms with E-state index in [-0.39, 0.29) is 17.2 Å². The number of para-hydroxylation sites is 1. The van der Waals surface area contributed by atoms with Crippen molar-refractivity contribution in [2.24, 2.45) is 4.99 Å². The molecule has 5 aromatic rings. The van der Waals surface area contributed by atoms with Gasteiger partial charge in [-0.15, -0.1) is 0 Å². The average Bonchev–Trinajstić information content (AvgIpc) is 3.32. The summed E-state index contributed by atoms with van der Waals surface area (Å²) < 4.78 is 1.83. The first kappa shape index (κ1) is 27.9. The van der Waals surface area contributed by atoms with Crippen molar-refractivity contribution >= 4 is 46.5 Å². The lowest BCUT2D eigenvalue weighted by atomic mass is 9.95. The van der Waals surface area contributed by atoms with Crippen LogP contribution in [0.25, 0.3) is 6.08 Å². The summed E-state index contributed by atoms with van der Waals surface area (Å²) in [6, 6.07) is 23.8. The fourth-order valence-corrected chi connectivity index (χ4v) is 6.55. The van der Waals surface area contributed by atoms with Gasteiger partial charge in [0.05, 0.1) is 26.8 Å². The molecule has 212 valence electrons. The third kappa shape index (κ3) is 5.78. The smallest absolute Gasteiger partial charge is 0.271 e.